The average Bonchev–Trinajstić information content (AvgIpc) is 2.64. The Morgan fingerprint density at radius 2 is 2.19 bits per heavy atom. The number of aryl methyl sites for hydroxylation is 1. The van der Waals surface area contributed by atoms with E-state index in [9.17, 15) is 4.79 Å². The van der Waals surface area contributed by atoms with Crippen LogP contribution in [0.15, 0.2) is 16.5 Å². The minimum Gasteiger partial charge on any atom is -0.456 e. The van der Waals surface area contributed by atoms with Crippen LogP contribution < -0.4 is 5.32 Å². The summed E-state index contributed by atoms with van der Waals surface area (Å²) in [6, 6.07) is 3.70. The molecule has 1 heterocycles. The van der Waals surface area contributed by atoms with Gasteiger partial charge in [-0.05, 0) is 25.5 Å². The second-order valence-corrected chi connectivity index (χ2v) is 5.57. The summed E-state index contributed by atoms with van der Waals surface area (Å²) in [6.45, 7) is 6.04. The minimum absolute atomic E-state index is 0.136. The molecule has 0 aliphatic heterocycles. The van der Waals surface area contributed by atoms with Gasteiger partial charge in [0.05, 0.1) is 0 Å². The van der Waals surface area contributed by atoms with Crippen LogP contribution in [-0.4, -0.2) is 16.8 Å². The van der Waals surface area contributed by atoms with Crippen LogP contribution >= 0.6 is 15.9 Å². The number of carbonyl (C=O) groups excluding carboxylic acids is 1. The smallest absolute Gasteiger partial charge is 0.287 e. The molecule has 0 saturated carbocycles. The van der Waals surface area contributed by atoms with E-state index in [1.54, 1.807) is 6.07 Å². The lowest BCUT2D eigenvalue weighted by Crippen LogP contribution is -2.33. The molecule has 4 heteroatoms. The Kier molecular flexibility index (Phi) is 5.06. The molecule has 0 aliphatic rings. The molecule has 1 aromatic rings. The van der Waals surface area contributed by atoms with Gasteiger partial charge in [0.1, 0.15) is 5.76 Å². The van der Waals surface area contributed by atoms with Crippen molar-refractivity contribution in [2.45, 2.75) is 44.5 Å². The zero-order valence-corrected chi connectivity index (χ0v) is 11.5. The molecule has 90 valence electrons. The van der Waals surface area contributed by atoms with Crippen molar-refractivity contribution in [1.82, 2.24) is 5.32 Å². The van der Waals surface area contributed by atoms with Crippen LogP contribution in [0.1, 0.15) is 43.5 Å². The number of furan rings is 1. The first kappa shape index (κ1) is 13.3. The summed E-state index contributed by atoms with van der Waals surface area (Å²) in [5.74, 6) is 1.10. The van der Waals surface area contributed by atoms with Crippen LogP contribution in [0, 0.1) is 0 Å². The molecule has 0 saturated heterocycles. The zero-order chi connectivity index (χ0) is 12.1. The van der Waals surface area contributed by atoms with Crippen molar-refractivity contribution in [3.05, 3.63) is 23.7 Å². The van der Waals surface area contributed by atoms with E-state index < -0.39 is 0 Å². The van der Waals surface area contributed by atoms with E-state index in [1.165, 1.54) is 0 Å². The molecule has 2 atom stereocenters. The van der Waals surface area contributed by atoms with Crippen molar-refractivity contribution in [2.75, 3.05) is 0 Å². The SMILES string of the molecule is CCc1ccc(C(=O)NC(C)CC(C)Br)o1. The van der Waals surface area contributed by atoms with Crippen LogP contribution in [-0.2, 0) is 6.42 Å². The fraction of sp³-hybridized carbons (Fsp3) is 0.583. The fourth-order valence-corrected chi connectivity index (χ4v) is 2.09. The lowest BCUT2D eigenvalue weighted by molar-refractivity contribution is 0.0909. The van der Waals surface area contributed by atoms with Gasteiger partial charge in [-0.15, -0.1) is 0 Å². The minimum atomic E-state index is -0.139. The first-order chi connectivity index (χ1) is 7.52. The summed E-state index contributed by atoms with van der Waals surface area (Å²) in [6.07, 6.45) is 1.70. The number of nitrogens with one attached hydrogen (secondary N) is 1. The fourth-order valence-electron chi connectivity index (χ4n) is 1.53. The Hall–Kier alpha value is -0.770. The van der Waals surface area contributed by atoms with Gasteiger partial charge < -0.3 is 9.73 Å². The molecule has 2 unspecified atom stereocenters. The molecule has 1 N–H and O–H groups in total. The molecule has 0 bridgehead atoms. The third-order valence-electron chi connectivity index (χ3n) is 2.29. The molecule has 1 rings (SSSR count). The maximum absolute atomic E-state index is 11.7. The van der Waals surface area contributed by atoms with Gasteiger partial charge in [0.2, 0.25) is 0 Å². The number of hydrogen-bond donors (Lipinski definition) is 1. The lowest BCUT2D eigenvalue weighted by Gasteiger charge is -2.13. The maximum Gasteiger partial charge on any atom is 0.287 e. The summed E-state index contributed by atoms with van der Waals surface area (Å²) >= 11 is 3.46. The predicted molar refractivity (Wildman–Crippen MR) is 68.0 cm³/mol. The molecule has 0 radical (unpaired) electrons. The molecular formula is C12H18BrNO2. The van der Waals surface area contributed by atoms with E-state index in [2.05, 4.69) is 28.2 Å². The third kappa shape index (κ3) is 4.00. The van der Waals surface area contributed by atoms with Gasteiger partial charge in [-0.1, -0.05) is 29.8 Å². The normalized spacial score (nSPS) is 14.5. The first-order valence-electron chi connectivity index (χ1n) is 5.56. The van der Waals surface area contributed by atoms with Crippen LogP contribution in [0.4, 0.5) is 0 Å². The van der Waals surface area contributed by atoms with E-state index in [0.29, 0.717) is 10.6 Å². The molecular weight excluding hydrogens is 270 g/mol. The lowest BCUT2D eigenvalue weighted by atomic mass is 10.2. The first-order valence-corrected chi connectivity index (χ1v) is 6.48. The standard InChI is InChI=1S/C12H18BrNO2/c1-4-10-5-6-11(16-10)12(15)14-9(3)7-8(2)13/h5-6,8-9H,4,7H2,1-3H3,(H,14,15). The molecule has 0 spiro atoms. The van der Waals surface area contributed by atoms with Gasteiger partial charge in [-0.3, -0.25) is 4.79 Å². The molecule has 3 nitrogen and oxygen atoms in total. The van der Waals surface area contributed by atoms with Gasteiger partial charge in [0.15, 0.2) is 5.76 Å². The Morgan fingerprint density at radius 3 is 2.69 bits per heavy atom. The topological polar surface area (TPSA) is 42.2 Å². The van der Waals surface area contributed by atoms with E-state index in [4.69, 9.17) is 4.42 Å². The summed E-state index contributed by atoms with van der Waals surface area (Å²) < 4.78 is 5.38. The van der Waals surface area contributed by atoms with Crippen molar-refractivity contribution in [2.24, 2.45) is 0 Å². The molecule has 1 aromatic heterocycles. The summed E-state index contributed by atoms with van der Waals surface area (Å²) in [4.78, 5) is 12.1. The molecule has 0 fully saturated rings. The van der Waals surface area contributed by atoms with Crippen LogP contribution in [0.5, 0.6) is 0 Å². The number of alkyl halides is 1. The monoisotopic (exact) mass is 287 g/mol. The largest absolute Gasteiger partial charge is 0.456 e. The third-order valence-corrected chi connectivity index (χ3v) is 2.66. The molecule has 0 aromatic carbocycles. The van der Waals surface area contributed by atoms with E-state index >= 15 is 0 Å². The number of carbonyl (C=O) groups is 1. The van der Waals surface area contributed by atoms with Crippen LogP contribution in [0.2, 0.25) is 0 Å². The second-order valence-electron chi connectivity index (χ2n) is 4.01. The quantitative estimate of drug-likeness (QED) is 0.846. The van der Waals surface area contributed by atoms with Crippen molar-refractivity contribution in [3.8, 4) is 0 Å². The van der Waals surface area contributed by atoms with Gasteiger partial charge in [-0.2, -0.15) is 0 Å². The summed E-state index contributed by atoms with van der Waals surface area (Å²) in [7, 11) is 0. The van der Waals surface area contributed by atoms with Crippen molar-refractivity contribution in [3.63, 3.8) is 0 Å². The predicted octanol–water partition coefficient (Wildman–Crippen LogP) is 3.13. The summed E-state index contributed by atoms with van der Waals surface area (Å²) in [5, 5.41) is 2.90. The Balaban J connectivity index is 2.51. The maximum atomic E-state index is 11.7. The van der Waals surface area contributed by atoms with Gasteiger partial charge in [0.25, 0.3) is 5.91 Å². The highest BCUT2D eigenvalue weighted by atomic mass is 79.9. The highest BCUT2D eigenvalue weighted by Gasteiger charge is 2.14. The zero-order valence-electron chi connectivity index (χ0n) is 9.92. The molecule has 1 amide bonds. The highest BCUT2D eigenvalue weighted by Crippen LogP contribution is 2.10. The van der Waals surface area contributed by atoms with E-state index in [1.807, 2.05) is 19.9 Å². The number of halogens is 1. The average molecular weight is 288 g/mol. The number of amides is 1. The van der Waals surface area contributed by atoms with E-state index in [0.717, 1.165) is 18.6 Å². The Morgan fingerprint density at radius 1 is 1.50 bits per heavy atom. The van der Waals surface area contributed by atoms with Crippen molar-refractivity contribution < 1.29 is 9.21 Å². The van der Waals surface area contributed by atoms with Gasteiger partial charge >= 0.3 is 0 Å². The molecule has 16 heavy (non-hydrogen) atoms. The van der Waals surface area contributed by atoms with Gasteiger partial charge in [-0.25, -0.2) is 0 Å². The van der Waals surface area contributed by atoms with Crippen LogP contribution in [0.25, 0.3) is 0 Å². The summed E-state index contributed by atoms with van der Waals surface area (Å²) in [5.41, 5.74) is 0. The number of rotatable bonds is 5. The van der Waals surface area contributed by atoms with E-state index in [-0.39, 0.29) is 11.9 Å². The van der Waals surface area contributed by atoms with Gasteiger partial charge in [0, 0.05) is 17.3 Å². The van der Waals surface area contributed by atoms with Crippen LogP contribution in [0.3, 0.4) is 0 Å². The van der Waals surface area contributed by atoms with Crippen molar-refractivity contribution in [1.29, 1.82) is 0 Å². The Bertz CT molecular complexity index is 347. The molecule has 0 aliphatic carbocycles. The highest BCUT2D eigenvalue weighted by molar-refractivity contribution is 9.09. The van der Waals surface area contributed by atoms with Crippen molar-refractivity contribution >= 4 is 21.8 Å². The Labute approximate surface area is 105 Å². The number of hydrogen-bond acceptors (Lipinski definition) is 2. The second kappa shape index (κ2) is 6.09.